The van der Waals surface area contributed by atoms with Gasteiger partial charge in [-0.2, -0.15) is 0 Å². The van der Waals surface area contributed by atoms with Crippen LogP contribution in [0.2, 0.25) is 0 Å². The van der Waals surface area contributed by atoms with Crippen LogP contribution in [0.3, 0.4) is 0 Å². The molecule has 142 valence electrons. The summed E-state index contributed by atoms with van der Waals surface area (Å²) < 4.78 is 26.6. The normalized spacial score (nSPS) is 14.7. The number of likely N-dealkylation sites (tertiary alicyclic amines) is 1. The first-order valence-electron chi connectivity index (χ1n) is 8.87. The molecule has 3 amide bonds. The van der Waals surface area contributed by atoms with Crippen molar-refractivity contribution in [1.82, 2.24) is 10.2 Å². The minimum atomic E-state index is -0.510. The summed E-state index contributed by atoms with van der Waals surface area (Å²) in [6.45, 7) is 1.53. The van der Waals surface area contributed by atoms with E-state index in [1.54, 1.807) is 17.0 Å². The molecule has 0 aliphatic carbocycles. The van der Waals surface area contributed by atoms with Gasteiger partial charge in [-0.3, -0.25) is 4.79 Å². The molecule has 3 rings (SSSR count). The molecule has 1 aliphatic rings. The fraction of sp³-hybridized carbons (Fsp3) is 0.300. The Balaban J connectivity index is 1.43. The number of amides is 3. The van der Waals surface area contributed by atoms with Crippen LogP contribution in [0.15, 0.2) is 48.5 Å². The highest BCUT2D eigenvalue weighted by Crippen LogP contribution is 2.19. The Labute approximate surface area is 156 Å². The highest BCUT2D eigenvalue weighted by Gasteiger charge is 2.25. The summed E-state index contributed by atoms with van der Waals surface area (Å²) in [4.78, 5) is 26.0. The fourth-order valence-electron chi connectivity index (χ4n) is 3.09. The lowest BCUT2D eigenvalue weighted by Crippen LogP contribution is -2.42. The van der Waals surface area contributed by atoms with Crippen molar-refractivity contribution in [3.63, 3.8) is 0 Å². The van der Waals surface area contributed by atoms with Gasteiger partial charge in [-0.1, -0.05) is 12.1 Å². The molecule has 2 aromatic rings. The lowest BCUT2D eigenvalue weighted by molar-refractivity contribution is 0.0686. The summed E-state index contributed by atoms with van der Waals surface area (Å²) >= 11 is 0. The van der Waals surface area contributed by atoms with Gasteiger partial charge in [0.15, 0.2) is 0 Å². The number of halogens is 2. The van der Waals surface area contributed by atoms with Crippen molar-refractivity contribution in [2.24, 2.45) is 5.92 Å². The van der Waals surface area contributed by atoms with E-state index in [4.69, 9.17) is 0 Å². The van der Waals surface area contributed by atoms with Gasteiger partial charge in [-0.15, -0.1) is 0 Å². The Hall–Kier alpha value is -2.96. The van der Waals surface area contributed by atoms with Crippen LogP contribution in [0.4, 0.5) is 19.3 Å². The monoisotopic (exact) mass is 373 g/mol. The zero-order valence-electron chi connectivity index (χ0n) is 14.8. The lowest BCUT2D eigenvalue weighted by Gasteiger charge is -2.32. The summed E-state index contributed by atoms with van der Waals surface area (Å²) in [7, 11) is 0. The van der Waals surface area contributed by atoms with Gasteiger partial charge in [0.25, 0.3) is 5.91 Å². The van der Waals surface area contributed by atoms with Crippen LogP contribution in [0.25, 0.3) is 0 Å². The molecule has 2 N–H and O–H groups in total. The molecule has 1 heterocycles. The maximum Gasteiger partial charge on any atom is 0.319 e. The standard InChI is InChI=1S/C20H21F2N3O2/c21-15-5-7-16(8-6-15)24-20(27)23-13-14-9-11-25(12-10-14)19(26)17-3-1-2-4-18(17)22/h1-8,14H,9-13H2,(H2,23,24,27). The summed E-state index contributed by atoms with van der Waals surface area (Å²) in [5.41, 5.74) is 0.604. The van der Waals surface area contributed by atoms with E-state index in [1.807, 2.05) is 0 Å². The maximum atomic E-state index is 13.8. The van der Waals surface area contributed by atoms with Crippen molar-refractivity contribution in [3.05, 3.63) is 65.7 Å². The molecule has 0 saturated carbocycles. The van der Waals surface area contributed by atoms with Crippen LogP contribution in [-0.4, -0.2) is 36.5 Å². The molecular weight excluding hydrogens is 352 g/mol. The molecule has 0 spiro atoms. The van der Waals surface area contributed by atoms with Crippen LogP contribution in [-0.2, 0) is 0 Å². The van der Waals surface area contributed by atoms with E-state index < -0.39 is 5.82 Å². The smallest absolute Gasteiger partial charge is 0.319 e. The third-order valence-electron chi connectivity index (χ3n) is 4.66. The molecule has 27 heavy (non-hydrogen) atoms. The predicted molar refractivity (Wildman–Crippen MR) is 98.4 cm³/mol. The van der Waals surface area contributed by atoms with Gasteiger partial charge in [-0.05, 0) is 55.2 Å². The Morgan fingerprint density at radius 2 is 1.67 bits per heavy atom. The van der Waals surface area contributed by atoms with Gasteiger partial charge in [-0.25, -0.2) is 13.6 Å². The molecule has 1 saturated heterocycles. The summed E-state index contributed by atoms with van der Waals surface area (Å²) in [6.07, 6.45) is 1.47. The van der Waals surface area contributed by atoms with Gasteiger partial charge in [0.1, 0.15) is 11.6 Å². The molecule has 0 radical (unpaired) electrons. The van der Waals surface area contributed by atoms with Crippen LogP contribution >= 0.6 is 0 Å². The Morgan fingerprint density at radius 3 is 2.33 bits per heavy atom. The molecule has 0 unspecified atom stereocenters. The molecule has 5 nitrogen and oxygen atoms in total. The summed E-state index contributed by atoms with van der Waals surface area (Å²) in [6, 6.07) is 11.1. The van der Waals surface area contributed by atoms with Gasteiger partial charge in [0.05, 0.1) is 5.56 Å². The number of benzene rings is 2. The zero-order valence-corrected chi connectivity index (χ0v) is 14.8. The van der Waals surface area contributed by atoms with E-state index in [0.717, 1.165) is 12.8 Å². The Morgan fingerprint density at radius 1 is 1.00 bits per heavy atom. The number of hydrogen-bond acceptors (Lipinski definition) is 2. The van der Waals surface area contributed by atoms with Crippen molar-refractivity contribution in [3.8, 4) is 0 Å². The van der Waals surface area contributed by atoms with E-state index in [-0.39, 0.29) is 29.2 Å². The number of urea groups is 1. The molecule has 0 atom stereocenters. The predicted octanol–water partition coefficient (Wildman–Crippen LogP) is 3.64. The largest absolute Gasteiger partial charge is 0.339 e. The number of piperidine rings is 1. The van der Waals surface area contributed by atoms with Gasteiger partial charge in [0, 0.05) is 25.3 Å². The highest BCUT2D eigenvalue weighted by molar-refractivity contribution is 5.94. The highest BCUT2D eigenvalue weighted by atomic mass is 19.1. The first-order valence-corrected chi connectivity index (χ1v) is 8.87. The molecule has 2 aromatic carbocycles. The van der Waals surface area contributed by atoms with Crippen LogP contribution in [0, 0.1) is 17.6 Å². The number of carbonyl (C=O) groups excluding carboxylic acids is 2. The first kappa shape index (κ1) is 18.8. The second-order valence-corrected chi connectivity index (χ2v) is 6.56. The third-order valence-corrected chi connectivity index (χ3v) is 4.66. The van der Waals surface area contributed by atoms with Crippen molar-refractivity contribution in [1.29, 1.82) is 0 Å². The van der Waals surface area contributed by atoms with Crippen LogP contribution < -0.4 is 10.6 Å². The average molecular weight is 373 g/mol. The topological polar surface area (TPSA) is 61.4 Å². The number of nitrogens with zero attached hydrogens (tertiary/aromatic N) is 1. The minimum Gasteiger partial charge on any atom is -0.339 e. The van der Waals surface area contributed by atoms with Crippen molar-refractivity contribution in [2.75, 3.05) is 25.0 Å². The molecule has 0 bridgehead atoms. The molecule has 7 heteroatoms. The molecular formula is C20H21F2N3O2. The Kier molecular flexibility index (Phi) is 6.01. The first-order chi connectivity index (χ1) is 13.0. The van der Waals surface area contributed by atoms with E-state index in [2.05, 4.69) is 10.6 Å². The van der Waals surface area contributed by atoms with Crippen LogP contribution in [0.1, 0.15) is 23.2 Å². The van der Waals surface area contributed by atoms with Crippen LogP contribution in [0.5, 0.6) is 0 Å². The Bertz CT molecular complexity index is 803. The molecule has 1 aliphatic heterocycles. The number of nitrogens with one attached hydrogen (secondary N) is 2. The number of anilines is 1. The van der Waals surface area contributed by atoms with Gasteiger partial charge >= 0.3 is 6.03 Å². The average Bonchev–Trinajstić information content (AvgIpc) is 2.68. The van der Waals surface area contributed by atoms with Crippen molar-refractivity contribution in [2.45, 2.75) is 12.8 Å². The lowest BCUT2D eigenvalue weighted by atomic mass is 9.96. The van der Waals surface area contributed by atoms with Gasteiger partial charge < -0.3 is 15.5 Å². The third kappa shape index (κ3) is 5.03. The quantitative estimate of drug-likeness (QED) is 0.860. The number of rotatable bonds is 4. The summed E-state index contributed by atoms with van der Waals surface area (Å²) in [5.74, 6) is -0.927. The van der Waals surface area contributed by atoms with E-state index in [9.17, 15) is 18.4 Å². The maximum absolute atomic E-state index is 13.8. The molecule has 0 aromatic heterocycles. The van der Waals surface area contributed by atoms with Crippen molar-refractivity contribution >= 4 is 17.6 Å². The van der Waals surface area contributed by atoms with Gasteiger partial charge in [0.2, 0.25) is 0 Å². The van der Waals surface area contributed by atoms with Crippen molar-refractivity contribution < 1.29 is 18.4 Å². The second-order valence-electron chi connectivity index (χ2n) is 6.56. The van der Waals surface area contributed by atoms with E-state index >= 15 is 0 Å². The van der Waals surface area contributed by atoms with E-state index in [1.165, 1.54) is 36.4 Å². The number of carbonyl (C=O) groups is 2. The zero-order chi connectivity index (χ0) is 19.2. The number of hydrogen-bond donors (Lipinski definition) is 2. The minimum absolute atomic E-state index is 0.0905. The second kappa shape index (κ2) is 8.62. The SMILES string of the molecule is O=C(NCC1CCN(C(=O)c2ccccc2F)CC1)Nc1ccc(F)cc1. The fourth-order valence-corrected chi connectivity index (χ4v) is 3.09. The summed E-state index contributed by atoms with van der Waals surface area (Å²) in [5, 5.41) is 5.43. The van der Waals surface area contributed by atoms with E-state index in [0.29, 0.717) is 25.3 Å². The molecule has 1 fully saturated rings.